The van der Waals surface area contributed by atoms with Crippen molar-refractivity contribution in [1.82, 2.24) is 9.80 Å². The van der Waals surface area contributed by atoms with Crippen molar-refractivity contribution in [3.63, 3.8) is 0 Å². The van der Waals surface area contributed by atoms with E-state index in [-0.39, 0.29) is 17.9 Å². The largest absolute Gasteiger partial charge is 0.393 e. The zero-order chi connectivity index (χ0) is 12.7. The van der Waals surface area contributed by atoms with Gasteiger partial charge in [0.1, 0.15) is 0 Å². The fourth-order valence-corrected chi connectivity index (χ4v) is 3.66. The zero-order valence-corrected chi connectivity index (χ0v) is 10.5. The van der Waals surface area contributed by atoms with E-state index in [2.05, 4.69) is 4.90 Å². The zero-order valence-electron chi connectivity index (χ0n) is 10.5. The second kappa shape index (κ2) is 4.63. The maximum Gasteiger partial charge on any atom is 0.243 e. The van der Waals surface area contributed by atoms with E-state index < -0.39 is 0 Å². The summed E-state index contributed by atoms with van der Waals surface area (Å²) in [6.07, 6.45) is 4.80. The minimum absolute atomic E-state index is 0.0237. The number of imide groups is 1. The summed E-state index contributed by atoms with van der Waals surface area (Å²) in [5, 5.41) is 9.72. The smallest absolute Gasteiger partial charge is 0.243 e. The molecule has 3 rings (SSSR count). The van der Waals surface area contributed by atoms with Crippen LogP contribution in [0.5, 0.6) is 0 Å². The molecule has 0 aromatic heterocycles. The average Bonchev–Trinajstić information content (AvgIpc) is 2.83. The normalized spacial score (nSPS) is 36.4. The molecule has 5 nitrogen and oxygen atoms in total. The van der Waals surface area contributed by atoms with Crippen LogP contribution in [0.4, 0.5) is 0 Å². The lowest BCUT2D eigenvalue weighted by molar-refractivity contribution is -0.143. The van der Waals surface area contributed by atoms with Crippen LogP contribution in [0.2, 0.25) is 0 Å². The number of likely N-dealkylation sites (tertiary alicyclic amines) is 1. The Bertz CT molecular complexity index is 357. The molecule has 0 aromatic rings. The number of nitrogens with zero attached hydrogens (tertiary/aromatic N) is 2. The van der Waals surface area contributed by atoms with Crippen LogP contribution in [0.3, 0.4) is 0 Å². The van der Waals surface area contributed by atoms with E-state index in [1.807, 2.05) is 0 Å². The molecule has 100 valence electrons. The lowest BCUT2D eigenvalue weighted by atomic mass is 10.00. The fourth-order valence-electron chi connectivity index (χ4n) is 3.66. The minimum Gasteiger partial charge on any atom is -0.393 e. The number of aliphatic hydroxyl groups excluding tert-OH is 1. The van der Waals surface area contributed by atoms with E-state index in [1.54, 1.807) is 0 Å². The maximum absolute atomic E-state index is 12.1. The highest BCUT2D eigenvalue weighted by Gasteiger charge is 2.41. The molecule has 0 spiro atoms. The first-order chi connectivity index (χ1) is 8.65. The second-order valence-electron chi connectivity index (χ2n) is 5.73. The third kappa shape index (κ3) is 2.06. The van der Waals surface area contributed by atoms with Crippen molar-refractivity contribution >= 4 is 11.8 Å². The van der Waals surface area contributed by atoms with Crippen molar-refractivity contribution in [2.45, 2.75) is 56.7 Å². The first kappa shape index (κ1) is 12.1. The van der Waals surface area contributed by atoms with E-state index in [9.17, 15) is 14.7 Å². The molecule has 0 aromatic carbocycles. The molecule has 3 aliphatic rings. The van der Waals surface area contributed by atoms with E-state index in [4.69, 9.17) is 0 Å². The molecule has 0 radical (unpaired) electrons. The summed E-state index contributed by atoms with van der Waals surface area (Å²) in [6, 6.07) is 0.667. The highest BCUT2D eigenvalue weighted by molar-refractivity contribution is 5.97. The van der Waals surface area contributed by atoms with Crippen LogP contribution >= 0.6 is 0 Å². The maximum atomic E-state index is 12.1. The van der Waals surface area contributed by atoms with E-state index in [0.717, 1.165) is 32.1 Å². The highest BCUT2D eigenvalue weighted by atomic mass is 16.3. The van der Waals surface area contributed by atoms with E-state index in [0.29, 0.717) is 31.6 Å². The van der Waals surface area contributed by atoms with Gasteiger partial charge in [0.2, 0.25) is 11.8 Å². The molecule has 2 atom stereocenters. The van der Waals surface area contributed by atoms with Crippen LogP contribution in [0.15, 0.2) is 0 Å². The molecule has 5 heteroatoms. The third-order valence-electron chi connectivity index (χ3n) is 4.55. The molecule has 3 saturated heterocycles. The lowest BCUT2D eigenvalue weighted by Crippen LogP contribution is -2.50. The van der Waals surface area contributed by atoms with Crippen LogP contribution < -0.4 is 0 Å². The van der Waals surface area contributed by atoms with Crippen LogP contribution in [-0.4, -0.2) is 58.0 Å². The summed E-state index contributed by atoms with van der Waals surface area (Å²) >= 11 is 0. The van der Waals surface area contributed by atoms with E-state index >= 15 is 0 Å². The van der Waals surface area contributed by atoms with Crippen LogP contribution in [0.25, 0.3) is 0 Å². The van der Waals surface area contributed by atoms with E-state index in [1.165, 1.54) is 4.90 Å². The summed E-state index contributed by atoms with van der Waals surface area (Å²) in [7, 11) is 0. The van der Waals surface area contributed by atoms with Crippen molar-refractivity contribution in [3.8, 4) is 0 Å². The molecule has 3 aliphatic heterocycles. The Morgan fingerprint density at radius 3 is 2.50 bits per heavy atom. The Kier molecular flexibility index (Phi) is 3.11. The van der Waals surface area contributed by atoms with Gasteiger partial charge in [-0.15, -0.1) is 0 Å². The van der Waals surface area contributed by atoms with Gasteiger partial charge in [0, 0.05) is 25.0 Å². The number of rotatable bonds is 2. The van der Waals surface area contributed by atoms with Crippen molar-refractivity contribution in [2.75, 3.05) is 13.1 Å². The molecule has 2 bridgehead atoms. The van der Waals surface area contributed by atoms with Crippen molar-refractivity contribution in [3.05, 3.63) is 0 Å². The van der Waals surface area contributed by atoms with Gasteiger partial charge in [-0.3, -0.25) is 19.4 Å². The van der Waals surface area contributed by atoms with Gasteiger partial charge in [-0.2, -0.15) is 0 Å². The number of fused-ring (bicyclic) bond motifs is 2. The predicted molar refractivity (Wildman–Crippen MR) is 64.7 cm³/mol. The number of aliphatic hydroxyl groups is 1. The van der Waals surface area contributed by atoms with Crippen LogP contribution in [0.1, 0.15) is 38.5 Å². The quantitative estimate of drug-likeness (QED) is 0.758. The highest BCUT2D eigenvalue weighted by Crippen LogP contribution is 2.35. The molecular formula is C13H20N2O3. The molecule has 1 N–H and O–H groups in total. The first-order valence-corrected chi connectivity index (χ1v) is 6.92. The minimum atomic E-state index is -0.206. The Morgan fingerprint density at radius 1 is 1.28 bits per heavy atom. The van der Waals surface area contributed by atoms with Gasteiger partial charge in [0.25, 0.3) is 0 Å². The van der Waals surface area contributed by atoms with Crippen LogP contribution in [-0.2, 0) is 9.59 Å². The fraction of sp³-hybridized carbons (Fsp3) is 0.846. The van der Waals surface area contributed by atoms with Gasteiger partial charge in [-0.05, 0) is 32.1 Å². The van der Waals surface area contributed by atoms with Crippen molar-refractivity contribution in [1.29, 1.82) is 0 Å². The van der Waals surface area contributed by atoms with Gasteiger partial charge < -0.3 is 5.11 Å². The SMILES string of the molecule is O=C1CCCN1C(=O)CN1C2CCC1CC(O)C2. The third-order valence-corrected chi connectivity index (χ3v) is 4.55. The number of carbonyl (C=O) groups excluding carboxylic acids is 2. The molecule has 0 aliphatic carbocycles. The summed E-state index contributed by atoms with van der Waals surface area (Å²) in [5.74, 6) is -0.0739. The summed E-state index contributed by atoms with van der Waals surface area (Å²) in [5.41, 5.74) is 0. The van der Waals surface area contributed by atoms with Gasteiger partial charge >= 0.3 is 0 Å². The Morgan fingerprint density at radius 2 is 1.94 bits per heavy atom. The summed E-state index contributed by atoms with van der Waals surface area (Å²) in [6.45, 7) is 0.942. The molecular weight excluding hydrogens is 232 g/mol. The average molecular weight is 252 g/mol. The summed E-state index contributed by atoms with van der Waals surface area (Å²) < 4.78 is 0. The van der Waals surface area contributed by atoms with Crippen molar-refractivity contribution in [2.24, 2.45) is 0 Å². The first-order valence-electron chi connectivity index (χ1n) is 6.92. The summed E-state index contributed by atoms with van der Waals surface area (Å²) in [4.78, 5) is 27.3. The molecule has 2 amide bonds. The molecule has 3 fully saturated rings. The van der Waals surface area contributed by atoms with Gasteiger partial charge in [-0.1, -0.05) is 0 Å². The standard InChI is InChI=1S/C13H20N2O3/c16-11-6-9-3-4-10(7-11)15(9)8-13(18)14-5-1-2-12(14)17/h9-11,16H,1-8H2. The topological polar surface area (TPSA) is 60.9 Å². The predicted octanol–water partition coefficient (Wildman–Crippen LogP) is 0.123. The monoisotopic (exact) mass is 252 g/mol. The van der Waals surface area contributed by atoms with Gasteiger partial charge in [0.05, 0.1) is 12.6 Å². The van der Waals surface area contributed by atoms with Crippen molar-refractivity contribution < 1.29 is 14.7 Å². The van der Waals surface area contributed by atoms with Crippen LogP contribution in [0, 0.1) is 0 Å². The van der Waals surface area contributed by atoms with Gasteiger partial charge in [-0.25, -0.2) is 0 Å². The Hall–Kier alpha value is -0.940. The number of carbonyl (C=O) groups is 2. The molecule has 18 heavy (non-hydrogen) atoms. The molecule has 3 heterocycles. The lowest BCUT2D eigenvalue weighted by Gasteiger charge is -2.37. The number of hydrogen-bond donors (Lipinski definition) is 1. The molecule has 2 unspecified atom stereocenters. The number of amides is 2. The van der Waals surface area contributed by atoms with Gasteiger partial charge in [0.15, 0.2) is 0 Å². The number of piperidine rings is 1. The Labute approximate surface area is 107 Å². The molecule has 0 saturated carbocycles. The Balaban J connectivity index is 1.63. The number of hydrogen-bond acceptors (Lipinski definition) is 4. The second-order valence-corrected chi connectivity index (χ2v) is 5.73.